The van der Waals surface area contributed by atoms with Crippen molar-refractivity contribution in [2.24, 2.45) is 0 Å². The lowest BCUT2D eigenvalue weighted by molar-refractivity contribution is 0.0680. The molecule has 0 aliphatic heterocycles. The van der Waals surface area contributed by atoms with Crippen LogP contribution in [0.1, 0.15) is 27.0 Å². The molecule has 0 radical (unpaired) electrons. The minimum atomic E-state index is -0.0351. The predicted molar refractivity (Wildman–Crippen MR) is 90.2 cm³/mol. The third-order valence-electron chi connectivity index (χ3n) is 3.73. The summed E-state index contributed by atoms with van der Waals surface area (Å²) in [5.74, 6) is -0.0351. The molecule has 0 fully saturated rings. The fraction of sp³-hybridized carbons (Fsp3) is 0.316. The highest BCUT2D eigenvalue weighted by atomic mass is 16.5. The fourth-order valence-corrected chi connectivity index (χ4v) is 2.30. The molecule has 4 nitrogen and oxygen atoms in total. The van der Waals surface area contributed by atoms with Gasteiger partial charge in [-0.1, -0.05) is 42.0 Å². The van der Waals surface area contributed by atoms with Crippen LogP contribution in [0.3, 0.4) is 0 Å². The highest BCUT2D eigenvalue weighted by Gasteiger charge is 2.16. The molecule has 1 amide bonds. The Morgan fingerprint density at radius 1 is 1.04 bits per heavy atom. The van der Waals surface area contributed by atoms with Gasteiger partial charge in [-0.3, -0.25) is 4.79 Å². The van der Waals surface area contributed by atoms with Gasteiger partial charge in [0.15, 0.2) is 0 Å². The molecule has 2 aromatic carbocycles. The Kier molecular flexibility index (Phi) is 6.32. The molecular weight excluding hydrogens is 290 g/mol. The lowest BCUT2D eigenvalue weighted by atomic mass is 10.1. The molecule has 0 atom stereocenters. The number of carbonyl (C=O) groups excluding carboxylic acids is 1. The summed E-state index contributed by atoms with van der Waals surface area (Å²) in [7, 11) is 1.63. The van der Waals surface area contributed by atoms with E-state index >= 15 is 0 Å². The van der Waals surface area contributed by atoms with Crippen molar-refractivity contribution < 1.29 is 14.6 Å². The number of ether oxygens (including phenoxy) is 1. The maximum absolute atomic E-state index is 12.7. The largest absolute Gasteiger partial charge is 0.392 e. The van der Waals surface area contributed by atoms with E-state index in [0.29, 0.717) is 25.3 Å². The first kappa shape index (κ1) is 17.2. The van der Waals surface area contributed by atoms with Crippen molar-refractivity contribution in [3.63, 3.8) is 0 Å². The normalized spacial score (nSPS) is 10.6. The van der Waals surface area contributed by atoms with Gasteiger partial charge in [0, 0.05) is 25.8 Å². The zero-order valence-electron chi connectivity index (χ0n) is 13.7. The lowest BCUT2D eigenvalue weighted by Gasteiger charge is -2.23. The van der Waals surface area contributed by atoms with Gasteiger partial charge >= 0.3 is 0 Å². The van der Waals surface area contributed by atoms with Crippen LogP contribution >= 0.6 is 0 Å². The first-order valence-corrected chi connectivity index (χ1v) is 7.67. The van der Waals surface area contributed by atoms with Crippen molar-refractivity contribution in [1.82, 2.24) is 4.90 Å². The molecule has 122 valence electrons. The maximum atomic E-state index is 12.7. The van der Waals surface area contributed by atoms with E-state index in [4.69, 9.17) is 9.84 Å². The van der Waals surface area contributed by atoms with E-state index in [0.717, 1.165) is 11.1 Å². The van der Waals surface area contributed by atoms with E-state index in [-0.39, 0.29) is 12.5 Å². The summed E-state index contributed by atoms with van der Waals surface area (Å²) in [5, 5.41) is 9.10. The van der Waals surface area contributed by atoms with Gasteiger partial charge in [-0.05, 0) is 30.2 Å². The highest BCUT2D eigenvalue weighted by molar-refractivity contribution is 5.94. The van der Waals surface area contributed by atoms with Crippen LogP contribution in [-0.4, -0.2) is 36.2 Å². The van der Waals surface area contributed by atoms with E-state index in [1.165, 1.54) is 5.56 Å². The Morgan fingerprint density at radius 3 is 2.22 bits per heavy atom. The summed E-state index contributed by atoms with van der Waals surface area (Å²) in [5.41, 5.74) is 3.70. The SMILES string of the molecule is COCCN(Cc1ccc(C)cc1)C(=O)c1ccc(CO)cc1. The van der Waals surface area contributed by atoms with Crippen LogP contribution in [0.15, 0.2) is 48.5 Å². The van der Waals surface area contributed by atoms with Crippen LogP contribution in [0.25, 0.3) is 0 Å². The summed E-state index contributed by atoms with van der Waals surface area (Å²) in [6, 6.07) is 15.2. The molecule has 2 rings (SSSR count). The molecule has 0 saturated carbocycles. The van der Waals surface area contributed by atoms with E-state index in [1.54, 1.807) is 36.3 Å². The van der Waals surface area contributed by atoms with Gasteiger partial charge in [-0.2, -0.15) is 0 Å². The molecule has 23 heavy (non-hydrogen) atoms. The van der Waals surface area contributed by atoms with Gasteiger partial charge in [-0.15, -0.1) is 0 Å². The average Bonchev–Trinajstić information content (AvgIpc) is 2.59. The summed E-state index contributed by atoms with van der Waals surface area (Å²) in [6.45, 7) is 3.59. The predicted octanol–water partition coefficient (Wildman–Crippen LogP) is 2.78. The zero-order chi connectivity index (χ0) is 16.7. The molecule has 0 unspecified atom stereocenters. The molecule has 0 spiro atoms. The standard InChI is InChI=1S/C19H23NO3/c1-15-3-5-16(6-4-15)13-20(11-12-23-2)19(22)18-9-7-17(14-21)8-10-18/h3-10,21H,11-14H2,1-2H3. The second kappa shape index (κ2) is 8.46. The Bertz CT molecular complexity index is 620. The Morgan fingerprint density at radius 2 is 1.65 bits per heavy atom. The van der Waals surface area contributed by atoms with E-state index < -0.39 is 0 Å². The number of aliphatic hydroxyl groups excluding tert-OH is 1. The van der Waals surface area contributed by atoms with Crippen LogP contribution in [0.2, 0.25) is 0 Å². The second-order valence-corrected chi connectivity index (χ2v) is 5.56. The number of hydrogen-bond acceptors (Lipinski definition) is 3. The monoisotopic (exact) mass is 313 g/mol. The van der Waals surface area contributed by atoms with Crippen LogP contribution in [0, 0.1) is 6.92 Å². The maximum Gasteiger partial charge on any atom is 0.254 e. The first-order valence-electron chi connectivity index (χ1n) is 7.67. The third-order valence-corrected chi connectivity index (χ3v) is 3.73. The summed E-state index contributed by atoms with van der Waals surface area (Å²) < 4.78 is 5.12. The lowest BCUT2D eigenvalue weighted by Crippen LogP contribution is -2.33. The van der Waals surface area contributed by atoms with Gasteiger partial charge in [0.2, 0.25) is 0 Å². The first-order chi connectivity index (χ1) is 11.1. The molecule has 0 aromatic heterocycles. The van der Waals surface area contributed by atoms with Crippen molar-refractivity contribution in [1.29, 1.82) is 0 Å². The highest BCUT2D eigenvalue weighted by Crippen LogP contribution is 2.12. The molecule has 2 aromatic rings. The van der Waals surface area contributed by atoms with Crippen molar-refractivity contribution in [3.8, 4) is 0 Å². The van der Waals surface area contributed by atoms with Gasteiger partial charge in [0.1, 0.15) is 0 Å². The number of benzene rings is 2. The molecule has 0 aliphatic rings. The molecule has 0 bridgehead atoms. The van der Waals surface area contributed by atoms with E-state index in [2.05, 4.69) is 0 Å². The average molecular weight is 313 g/mol. The van der Waals surface area contributed by atoms with Crippen molar-refractivity contribution in [2.75, 3.05) is 20.3 Å². The number of methoxy groups -OCH3 is 1. The summed E-state index contributed by atoms with van der Waals surface area (Å²) >= 11 is 0. The Hall–Kier alpha value is -2.17. The summed E-state index contributed by atoms with van der Waals surface area (Å²) in [6.07, 6.45) is 0. The smallest absolute Gasteiger partial charge is 0.254 e. The van der Waals surface area contributed by atoms with Crippen LogP contribution < -0.4 is 0 Å². The van der Waals surface area contributed by atoms with Crippen molar-refractivity contribution >= 4 is 5.91 Å². The molecule has 0 heterocycles. The van der Waals surface area contributed by atoms with Gasteiger partial charge < -0.3 is 14.7 Å². The molecule has 0 saturated heterocycles. The number of nitrogens with zero attached hydrogens (tertiary/aromatic N) is 1. The third kappa shape index (κ3) is 4.91. The van der Waals surface area contributed by atoms with E-state index in [9.17, 15) is 4.79 Å². The number of carbonyl (C=O) groups is 1. The van der Waals surface area contributed by atoms with Crippen LogP contribution in [-0.2, 0) is 17.9 Å². The van der Waals surface area contributed by atoms with Crippen molar-refractivity contribution in [3.05, 3.63) is 70.8 Å². The number of aryl methyl sites for hydroxylation is 1. The van der Waals surface area contributed by atoms with Crippen LogP contribution in [0.5, 0.6) is 0 Å². The fourth-order valence-electron chi connectivity index (χ4n) is 2.30. The van der Waals surface area contributed by atoms with Gasteiger partial charge in [0.25, 0.3) is 5.91 Å². The molecule has 1 N–H and O–H groups in total. The summed E-state index contributed by atoms with van der Waals surface area (Å²) in [4.78, 5) is 14.5. The number of amides is 1. The Labute approximate surface area is 137 Å². The number of hydrogen-bond donors (Lipinski definition) is 1. The molecule has 4 heteroatoms. The quantitative estimate of drug-likeness (QED) is 0.855. The zero-order valence-corrected chi connectivity index (χ0v) is 13.7. The van der Waals surface area contributed by atoms with Crippen molar-refractivity contribution in [2.45, 2.75) is 20.1 Å². The molecule has 0 aliphatic carbocycles. The van der Waals surface area contributed by atoms with E-state index in [1.807, 2.05) is 31.2 Å². The number of aliphatic hydroxyl groups is 1. The minimum Gasteiger partial charge on any atom is -0.392 e. The van der Waals surface area contributed by atoms with Gasteiger partial charge in [0.05, 0.1) is 13.2 Å². The second-order valence-electron chi connectivity index (χ2n) is 5.56. The number of rotatable bonds is 7. The topological polar surface area (TPSA) is 49.8 Å². The minimum absolute atomic E-state index is 0.0226. The van der Waals surface area contributed by atoms with Gasteiger partial charge in [-0.25, -0.2) is 0 Å². The molecular formula is C19H23NO3. The Balaban J connectivity index is 2.15. The van der Waals surface area contributed by atoms with Crippen LogP contribution in [0.4, 0.5) is 0 Å².